The van der Waals surface area contributed by atoms with Crippen molar-refractivity contribution in [1.82, 2.24) is 20.0 Å². The largest absolute Gasteiger partial charge is 0.481 e. The minimum atomic E-state index is 0.0656. The second kappa shape index (κ2) is 7.36. The van der Waals surface area contributed by atoms with Crippen LogP contribution in [0, 0.1) is 6.92 Å². The third kappa shape index (κ3) is 3.47. The summed E-state index contributed by atoms with van der Waals surface area (Å²) in [5, 5.41) is 9.51. The first-order valence-electron chi connectivity index (χ1n) is 8.20. The number of thiophene rings is 1. The molecule has 24 heavy (non-hydrogen) atoms. The Labute approximate surface area is 146 Å². The van der Waals surface area contributed by atoms with Gasteiger partial charge in [-0.3, -0.25) is 9.69 Å². The summed E-state index contributed by atoms with van der Waals surface area (Å²) in [6.07, 6.45) is 2.11. The summed E-state index contributed by atoms with van der Waals surface area (Å²) in [7, 11) is 3.56. The average molecular weight is 348 g/mol. The molecule has 1 saturated heterocycles. The molecule has 0 radical (unpaired) electrons. The van der Waals surface area contributed by atoms with Crippen LogP contribution in [0.5, 0.6) is 5.88 Å². The Morgan fingerprint density at radius 1 is 1.54 bits per heavy atom. The van der Waals surface area contributed by atoms with Gasteiger partial charge in [-0.05, 0) is 37.8 Å². The van der Waals surface area contributed by atoms with Crippen molar-refractivity contribution in [1.29, 1.82) is 0 Å². The molecule has 2 aromatic rings. The van der Waals surface area contributed by atoms with Crippen molar-refractivity contribution in [3.8, 4) is 5.88 Å². The molecule has 2 aromatic heterocycles. The highest BCUT2D eigenvalue weighted by atomic mass is 32.1. The lowest BCUT2D eigenvalue weighted by Crippen LogP contribution is -2.36. The van der Waals surface area contributed by atoms with Crippen LogP contribution in [0.1, 0.15) is 35.0 Å². The van der Waals surface area contributed by atoms with E-state index in [0.29, 0.717) is 13.1 Å². The summed E-state index contributed by atoms with van der Waals surface area (Å²) in [5.74, 6) is 0.860. The van der Waals surface area contributed by atoms with E-state index in [1.807, 2.05) is 31.5 Å². The summed E-state index contributed by atoms with van der Waals surface area (Å²) in [5.41, 5.74) is 2.09. The van der Waals surface area contributed by atoms with Gasteiger partial charge >= 0.3 is 0 Å². The number of carbonyl (C=O) groups is 1. The number of ether oxygens (including phenoxy) is 1. The van der Waals surface area contributed by atoms with Gasteiger partial charge in [0.25, 0.3) is 0 Å². The molecular formula is C17H24N4O2S. The lowest BCUT2D eigenvalue weighted by atomic mass is 10.1. The number of carbonyl (C=O) groups excluding carboxylic acids is 1. The zero-order chi connectivity index (χ0) is 17.1. The Morgan fingerprint density at radius 2 is 2.38 bits per heavy atom. The number of methoxy groups -OCH3 is 1. The van der Waals surface area contributed by atoms with E-state index in [1.54, 1.807) is 23.1 Å². The smallest absolute Gasteiger partial charge is 0.234 e. The lowest BCUT2D eigenvalue weighted by molar-refractivity contribution is -0.122. The van der Waals surface area contributed by atoms with E-state index >= 15 is 0 Å². The summed E-state index contributed by atoms with van der Waals surface area (Å²) >= 11 is 1.66. The zero-order valence-corrected chi connectivity index (χ0v) is 15.2. The van der Waals surface area contributed by atoms with E-state index in [2.05, 4.69) is 15.3 Å². The summed E-state index contributed by atoms with van der Waals surface area (Å²) in [6.45, 7) is 3.94. The molecule has 3 heterocycles. The van der Waals surface area contributed by atoms with Gasteiger partial charge in [0.15, 0.2) is 0 Å². The first kappa shape index (κ1) is 17.0. The average Bonchev–Trinajstić information content (AvgIpc) is 3.26. The zero-order valence-electron chi connectivity index (χ0n) is 14.4. The van der Waals surface area contributed by atoms with Crippen molar-refractivity contribution in [2.24, 2.45) is 7.05 Å². The number of amides is 1. The van der Waals surface area contributed by atoms with Crippen molar-refractivity contribution < 1.29 is 9.53 Å². The Balaban J connectivity index is 1.66. The molecule has 1 atom stereocenters. The molecule has 1 fully saturated rings. The van der Waals surface area contributed by atoms with Gasteiger partial charge in [-0.25, -0.2) is 4.68 Å². The maximum absolute atomic E-state index is 12.3. The molecule has 1 aliphatic heterocycles. The van der Waals surface area contributed by atoms with E-state index in [9.17, 15) is 4.79 Å². The second-order valence-corrected chi connectivity index (χ2v) is 7.15. The van der Waals surface area contributed by atoms with Crippen molar-refractivity contribution >= 4 is 17.2 Å². The molecule has 0 aliphatic carbocycles. The lowest BCUT2D eigenvalue weighted by Gasteiger charge is -2.24. The number of nitrogens with one attached hydrogen (secondary N) is 1. The van der Waals surface area contributed by atoms with Gasteiger partial charge in [-0.15, -0.1) is 11.3 Å². The Bertz CT molecular complexity index is 696. The van der Waals surface area contributed by atoms with Crippen LogP contribution in [0.15, 0.2) is 17.5 Å². The molecule has 1 unspecified atom stereocenters. The Morgan fingerprint density at radius 3 is 3.08 bits per heavy atom. The molecular weight excluding hydrogens is 324 g/mol. The highest BCUT2D eigenvalue weighted by Crippen LogP contribution is 2.38. The third-order valence-corrected chi connectivity index (χ3v) is 5.37. The summed E-state index contributed by atoms with van der Waals surface area (Å²) in [6, 6.07) is 4.23. The normalized spacial score (nSPS) is 18.0. The van der Waals surface area contributed by atoms with E-state index < -0.39 is 0 Å². The van der Waals surface area contributed by atoms with Crippen LogP contribution in [-0.4, -0.2) is 40.8 Å². The van der Waals surface area contributed by atoms with Crippen molar-refractivity contribution in [3.05, 3.63) is 33.6 Å². The SMILES string of the molecule is COc1c(C2CCCN2CC(=O)NCc2cccs2)c(C)nn1C. The molecule has 0 spiro atoms. The number of hydrogen-bond acceptors (Lipinski definition) is 5. The predicted molar refractivity (Wildman–Crippen MR) is 94.2 cm³/mol. The van der Waals surface area contributed by atoms with Gasteiger partial charge in [0.2, 0.25) is 11.8 Å². The van der Waals surface area contributed by atoms with Crippen LogP contribution in [0.3, 0.4) is 0 Å². The number of aromatic nitrogens is 2. The summed E-state index contributed by atoms with van der Waals surface area (Å²) < 4.78 is 7.31. The van der Waals surface area contributed by atoms with Crippen LogP contribution in [-0.2, 0) is 18.4 Å². The first-order valence-corrected chi connectivity index (χ1v) is 9.08. The summed E-state index contributed by atoms with van der Waals surface area (Å²) in [4.78, 5) is 15.7. The molecule has 130 valence electrons. The minimum absolute atomic E-state index is 0.0656. The molecule has 7 heteroatoms. The quantitative estimate of drug-likeness (QED) is 0.870. The fraction of sp³-hybridized carbons (Fsp3) is 0.529. The molecule has 0 aromatic carbocycles. The highest BCUT2D eigenvalue weighted by molar-refractivity contribution is 7.09. The van der Waals surface area contributed by atoms with Crippen LogP contribution in [0.2, 0.25) is 0 Å². The van der Waals surface area contributed by atoms with E-state index in [0.717, 1.165) is 36.5 Å². The molecule has 3 rings (SSSR count). The number of aryl methyl sites for hydroxylation is 2. The molecule has 1 N–H and O–H groups in total. The third-order valence-electron chi connectivity index (χ3n) is 4.49. The van der Waals surface area contributed by atoms with Gasteiger partial charge in [0.1, 0.15) is 0 Å². The van der Waals surface area contributed by atoms with E-state index in [-0.39, 0.29) is 11.9 Å². The second-order valence-electron chi connectivity index (χ2n) is 6.12. The molecule has 1 aliphatic rings. The van der Waals surface area contributed by atoms with Crippen molar-refractivity contribution in [2.75, 3.05) is 20.2 Å². The monoisotopic (exact) mass is 348 g/mol. The fourth-order valence-electron chi connectivity index (χ4n) is 3.46. The topological polar surface area (TPSA) is 59.4 Å². The van der Waals surface area contributed by atoms with Gasteiger partial charge in [-0.2, -0.15) is 5.10 Å². The van der Waals surface area contributed by atoms with Crippen LogP contribution in [0.25, 0.3) is 0 Å². The van der Waals surface area contributed by atoms with Crippen molar-refractivity contribution in [2.45, 2.75) is 32.4 Å². The predicted octanol–water partition coefficient (Wildman–Crippen LogP) is 2.25. The maximum Gasteiger partial charge on any atom is 0.234 e. The van der Waals surface area contributed by atoms with E-state index in [4.69, 9.17) is 4.74 Å². The number of rotatable bonds is 6. The number of likely N-dealkylation sites (tertiary alicyclic amines) is 1. The molecule has 0 saturated carbocycles. The number of nitrogens with zero attached hydrogens (tertiary/aromatic N) is 3. The Hall–Kier alpha value is -1.86. The first-order chi connectivity index (χ1) is 11.6. The van der Waals surface area contributed by atoms with Gasteiger partial charge in [0, 0.05) is 18.0 Å². The molecule has 0 bridgehead atoms. The van der Waals surface area contributed by atoms with Gasteiger partial charge in [0.05, 0.1) is 31.5 Å². The highest BCUT2D eigenvalue weighted by Gasteiger charge is 2.33. The van der Waals surface area contributed by atoms with Crippen LogP contribution in [0.4, 0.5) is 0 Å². The minimum Gasteiger partial charge on any atom is -0.481 e. The molecule has 6 nitrogen and oxygen atoms in total. The van der Waals surface area contributed by atoms with Crippen molar-refractivity contribution in [3.63, 3.8) is 0 Å². The van der Waals surface area contributed by atoms with Gasteiger partial charge < -0.3 is 10.1 Å². The van der Waals surface area contributed by atoms with Gasteiger partial charge in [-0.1, -0.05) is 6.07 Å². The van der Waals surface area contributed by atoms with Crippen LogP contribution < -0.4 is 10.1 Å². The maximum atomic E-state index is 12.3. The van der Waals surface area contributed by atoms with Crippen LogP contribution >= 0.6 is 11.3 Å². The Kier molecular flexibility index (Phi) is 5.20. The number of hydrogen-bond donors (Lipinski definition) is 1. The standard InChI is InChI=1S/C17H24N4O2S/c1-12-16(17(23-3)20(2)19-12)14-7-4-8-21(14)11-15(22)18-10-13-6-5-9-24-13/h5-6,9,14H,4,7-8,10-11H2,1-3H3,(H,18,22). The molecule has 1 amide bonds. The van der Waals surface area contributed by atoms with E-state index in [1.165, 1.54) is 4.88 Å². The fourth-order valence-corrected chi connectivity index (χ4v) is 4.11.